The summed E-state index contributed by atoms with van der Waals surface area (Å²) in [6, 6.07) is 0. The lowest BCUT2D eigenvalue weighted by Crippen LogP contribution is -3.00. The van der Waals surface area contributed by atoms with Gasteiger partial charge < -0.3 is 29.1 Å². The van der Waals surface area contributed by atoms with E-state index >= 15 is 0 Å². The zero-order valence-corrected chi connectivity index (χ0v) is 17.6. The van der Waals surface area contributed by atoms with E-state index in [1.165, 1.54) is 70.8 Å². The normalized spacial score (nSPS) is 16.2. The maximum Gasteiger partial charge on any atom is 0.199 e. The van der Waals surface area contributed by atoms with Gasteiger partial charge in [0.05, 0.1) is 6.54 Å². The van der Waals surface area contributed by atoms with Crippen LogP contribution >= 0.6 is 0 Å². The first-order valence-electron chi connectivity index (χ1n) is 9.74. The van der Waals surface area contributed by atoms with Crippen LogP contribution in [0, 0.1) is 0 Å². The number of hydrogen-bond donors (Lipinski definition) is 1. The van der Waals surface area contributed by atoms with Crippen molar-refractivity contribution >= 4 is 6.21 Å². The van der Waals surface area contributed by atoms with Crippen LogP contribution in [-0.4, -0.2) is 53.2 Å². The molecule has 0 radical (unpaired) electrons. The molecule has 1 N–H and O–H groups in total. The van der Waals surface area contributed by atoms with Crippen molar-refractivity contribution < 1.29 is 33.7 Å². The van der Waals surface area contributed by atoms with Crippen LogP contribution in [0.4, 0.5) is 0 Å². The Morgan fingerprint density at radius 2 is 1.52 bits per heavy atom. The fourth-order valence-electron chi connectivity index (χ4n) is 3.12. The molecule has 0 aliphatic carbocycles. The van der Waals surface area contributed by atoms with E-state index < -0.39 is 0 Å². The van der Waals surface area contributed by atoms with E-state index in [9.17, 15) is 5.11 Å². The Balaban J connectivity index is 0.00000484. The first-order chi connectivity index (χ1) is 10.8. The zero-order chi connectivity index (χ0) is 16.0. The molecule has 1 rings (SSSR count). The molecule has 0 saturated heterocycles. The number of hydrogen-bond acceptors (Lipinski definition) is 2. The van der Waals surface area contributed by atoms with Gasteiger partial charge in [-0.25, -0.2) is 9.48 Å². The number of unbranched alkanes of at least 4 members (excludes halogenated alkanes) is 9. The molecule has 138 valence electrons. The first kappa shape index (κ1) is 23.3. The Hall–Kier alpha value is 0.320. The summed E-state index contributed by atoms with van der Waals surface area (Å²) in [5.41, 5.74) is 0. The highest BCUT2D eigenvalue weighted by Gasteiger charge is 2.21. The largest absolute Gasteiger partial charge is 1.00 e. The van der Waals surface area contributed by atoms with Crippen LogP contribution in [0.15, 0.2) is 0 Å². The minimum Gasteiger partial charge on any atom is -1.00 e. The van der Waals surface area contributed by atoms with Gasteiger partial charge in [0.1, 0.15) is 6.10 Å². The summed E-state index contributed by atoms with van der Waals surface area (Å²) in [5.74, 6) is 0. The lowest BCUT2D eigenvalue weighted by molar-refractivity contribution is -0.540. The van der Waals surface area contributed by atoms with Gasteiger partial charge in [0, 0.05) is 6.54 Å². The molecule has 0 saturated carbocycles. The first-order valence-corrected chi connectivity index (χ1v) is 9.74. The van der Waals surface area contributed by atoms with Gasteiger partial charge in [0.2, 0.25) is 0 Å². The van der Waals surface area contributed by atoms with Gasteiger partial charge in [-0.15, -0.1) is 0 Å². The van der Waals surface area contributed by atoms with Gasteiger partial charge in [-0.05, 0) is 12.8 Å². The number of halogens is 1. The Morgan fingerprint density at radius 1 is 0.957 bits per heavy atom. The van der Waals surface area contributed by atoms with Gasteiger partial charge in [-0.2, -0.15) is 0 Å². The molecule has 0 unspecified atom stereocenters. The summed E-state index contributed by atoms with van der Waals surface area (Å²) in [6.07, 6.45) is 17.0. The van der Waals surface area contributed by atoms with Crippen molar-refractivity contribution in [2.45, 2.75) is 90.6 Å². The maximum absolute atomic E-state index is 9.69. The third kappa shape index (κ3) is 12.3. The smallest absolute Gasteiger partial charge is 0.199 e. The average Bonchev–Trinajstić information content (AvgIpc) is 2.96. The van der Waals surface area contributed by atoms with Crippen molar-refractivity contribution in [3.63, 3.8) is 0 Å². The summed E-state index contributed by atoms with van der Waals surface area (Å²) in [7, 11) is 0. The monoisotopic (exact) mass is 438 g/mol. The Labute approximate surface area is 161 Å². The van der Waals surface area contributed by atoms with Crippen molar-refractivity contribution in [3.05, 3.63) is 0 Å². The summed E-state index contributed by atoms with van der Waals surface area (Å²) < 4.78 is 2.27. The van der Waals surface area contributed by atoms with Gasteiger partial charge in [-0.3, -0.25) is 0 Å². The zero-order valence-electron chi connectivity index (χ0n) is 15.5. The van der Waals surface area contributed by atoms with Gasteiger partial charge in [0.25, 0.3) is 0 Å². The maximum atomic E-state index is 9.69. The fraction of sp³-hybridized carbons (Fsp3) is 0.947. The highest BCUT2D eigenvalue weighted by molar-refractivity contribution is 5.55. The van der Waals surface area contributed by atoms with Crippen LogP contribution in [0.25, 0.3) is 0 Å². The molecule has 0 amide bonds. The van der Waals surface area contributed by atoms with E-state index in [1.54, 1.807) is 0 Å². The predicted octanol–water partition coefficient (Wildman–Crippen LogP) is 1.04. The van der Waals surface area contributed by atoms with E-state index in [2.05, 4.69) is 22.6 Å². The SMILES string of the molecule is CCCCCCCCCCCCN1CC=[N+](C[C@@H](O)CC)C1.[I-]. The highest BCUT2D eigenvalue weighted by atomic mass is 127. The summed E-state index contributed by atoms with van der Waals surface area (Å²) in [6.45, 7) is 8.41. The van der Waals surface area contributed by atoms with Crippen LogP contribution in [-0.2, 0) is 0 Å². The van der Waals surface area contributed by atoms with E-state index in [-0.39, 0.29) is 30.1 Å². The second-order valence-electron chi connectivity index (χ2n) is 6.92. The van der Waals surface area contributed by atoms with Gasteiger partial charge >= 0.3 is 0 Å². The van der Waals surface area contributed by atoms with Crippen molar-refractivity contribution in [2.75, 3.05) is 26.3 Å². The van der Waals surface area contributed by atoms with Crippen molar-refractivity contribution in [1.29, 1.82) is 0 Å². The molecule has 0 aromatic heterocycles. The minimum absolute atomic E-state index is 0. The Morgan fingerprint density at radius 3 is 2.09 bits per heavy atom. The molecule has 23 heavy (non-hydrogen) atoms. The lowest BCUT2D eigenvalue weighted by atomic mass is 10.1. The van der Waals surface area contributed by atoms with E-state index in [4.69, 9.17) is 0 Å². The average molecular weight is 438 g/mol. The Bertz CT molecular complexity index is 297. The van der Waals surface area contributed by atoms with Crippen LogP contribution in [0.1, 0.15) is 84.5 Å². The van der Waals surface area contributed by atoms with Crippen molar-refractivity contribution in [2.24, 2.45) is 0 Å². The second-order valence-corrected chi connectivity index (χ2v) is 6.92. The van der Waals surface area contributed by atoms with Crippen LogP contribution < -0.4 is 24.0 Å². The third-order valence-electron chi connectivity index (χ3n) is 4.72. The summed E-state index contributed by atoms with van der Waals surface area (Å²) >= 11 is 0. The molecule has 1 aliphatic rings. The van der Waals surface area contributed by atoms with Crippen molar-refractivity contribution in [3.8, 4) is 0 Å². The number of β-amino-alcohol motifs (C(OH)–C–C–N with tert-alkyl or cyclic N) is 1. The molecule has 1 heterocycles. The molecule has 0 bridgehead atoms. The number of nitrogens with zero attached hydrogens (tertiary/aromatic N) is 2. The highest BCUT2D eigenvalue weighted by Crippen LogP contribution is 2.11. The molecule has 0 spiro atoms. The molecule has 1 aliphatic heterocycles. The number of rotatable bonds is 14. The Kier molecular flexibility index (Phi) is 16.0. The topological polar surface area (TPSA) is 26.5 Å². The van der Waals surface area contributed by atoms with Crippen LogP contribution in [0.5, 0.6) is 0 Å². The predicted molar refractivity (Wildman–Crippen MR) is 95.8 cm³/mol. The molecule has 3 nitrogen and oxygen atoms in total. The number of aliphatic hydroxyl groups is 1. The van der Waals surface area contributed by atoms with Crippen LogP contribution in [0.3, 0.4) is 0 Å². The van der Waals surface area contributed by atoms with Crippen molar-refractivity contribution in [1.82, 2.24) is 4.90 Å². The summed E-state index contributed by atoms with van der Waals surface area (Å²) in [4.78, 5) is 2.49. The standard InChI is InChI=1S/C19H39N2O.HI/c1-3-5-6-7-8-9-10-11-12-13-14-20-15-16-21(18-20)17-19(22)4-2;/h16,19,22H,3-15,17-18H2,1-2H3;1H/q+1;/p-1/t19-;/m0./s1. The third-order valence-corrected chi connectivity index (χ3v) is 4.72. The van der Waals surface area contributed by atoms with E-state index in [0.29, 0.717) is 0 Å². The van der Waals surface area contributed by atoms with Gasteiger partial charge in [-0.1, -0.05) is 71.6 Å². The summed E-state index contributed by atoms with van der Waals surface area (Å²) in [5, 5.41) is 9.69. The van der Waals surface area contributed by atoms with E-state index in [0.717, 1.165) is 26.2 Å². The van der Waals surface area contributed by atoms with Crippen LogP contribution in [0.2, 0.25) is 0 Å². The minimum atomic E-state index is -0.173. The van der Waals surface area contributed by atoms with Gasteiger partial charge in [0.15, 0.2) is 19.4 Å². The lowest BCUT2D eigenvalue weighted by Gasteiger charge is -2.12. The second kappa shape index (κ2) is 15.8. The molecular formula is C19H39IN2O. The molecule has 1 atom stereocenters. The number of aliphatic hydroxyl groups excluding tert-OH is 1. The fourth-order valence-corrected chi connectivity index (χ4v) is 3.12. The molecule has 0 aromatic rings. The quantitative estimate of drug-likeness (QED) is 0.249. The molecule has 0 aromatic carbocycles. The molecule has 4 heteroatoms. The molecular weight excluding hydrogens is 399 g/mol. The van der Waals surface area contributed by atoms with E-state index in [1.807, 2.05) is 6.92 Å². The molecule has 0 fully saturated rings.